The summed E-state index contributed by atoms with van der Waals surface area (Å²) >= 11 is 1.32. The Hall–Kier alpha value is -3.33. The summed E-state index contributed by atoms with van der Waals surface area (Å²) in [5, 5.41) is 6.73. The van der Waals surface area contributed by atoms with Crippen molar-refractivity contribution in [2.24, 2.45) is 0 Å². The summed E-state index contributed by atoms with van der Waals surface area (Å²) in [5.41, 5.74) is 3.00. The number of carbonyl (C=O) groups is 1. The van der Waals surface area contributed by atoms with Crippen LogP contribution in [0.15, 0.2) is 41.2 Å². The van der Waals surface area contributed by atoms with Crippen LogP contribution in [0.1, 0.15) is 43.4 Å². The number of halogens is 1. The fourth-order valence-electron chi connectivity index (χ4n) is 3.39. The number of hydrogen-bond acceptors (Lipinski definition) is 5. The van der Waals surface area contributed by atoms with Crippen molar-refractivity contribution in [1.82, 2.24) is 24.9 Å². The molecule has 4 rings (SSSR count). The van der Waals surface area contributed by atoms with Gasteiger partial charge in [-0.15, -0.1) is 11.3 Å². The summed E-state index contributed by atoms with van der Waals surface area (Å²) in [5.74, 6) is -0.624. The van der Waals surface area contributed by atoms with Crippen molar-refractivity contribution >= 4 is 22.9 Å². The standard InChI is InChI=1S/C21H20FN5O2S/c1-11-8-18-24-16(10-19(28)27(18)26-11)9-17(14-4-6-15(22)7-5-14)25-21(29)20-12(2)23-13(3)30-20/h4-8,10,17,26H,9H2,1-3H3,(H,25,29). The molecule has 9 heteroatoms. The largest absolute Gasteiger partial charge is 0.344 e. The summed E-state index contributed by atoms with van der Waals surface area (Å²) in [6.07, 6.45) is 0.282. The van der Waals surface area contributed by atoms with Crippen molar-refractivity contribution < 1.29 is 9.18 Å². The first-order valence-corrected chi connectivity index (χ1v) is 10.2. The molecule has 7 nitrogen and oxygen atoms in total. The minimum absolute atomic E-state index is 0.235. The normalized spacial score (nSPS) is 12.3. The SMILES string of the molecule is Cc1cc2nc(CC(NC(=O)c3sc(C)nc3C)c3ccc(F)cc3)cc(=O)n2[nH]1. The van der Waals surface area contributed by atoms with Crippen LogP contribution in [0, 0.1) is 26.6 Å². The molecule has 0 aliphatic heterocycles. The summed E-state index contributed by atoms with van der Waals surface area (Å²) in [6, 6.07) is 8.66. The minimum Gasteiger partial charge on any atom is -0.344 e. The van der Waals surface area contributed by atoms with E-state index >= 15 is 0 Å². The Balaban J connectivity index is 1.68. The lowest BCUT2D eigenvalue weighted by Crippen LogP contribution is -2.30. The zero-order valence-electron chi connectivity index (χ0n) is 16.7. The van der Waals surface area contributed by atoms with Gasteiger partial charge >= 0.3 is 0 Å². The van der Waals surface area contributed by atoms with Crippen LogP contribution in [0.4, 0.5) is 4.39 Å². The monoisotopic (exact) mass is 425 g/mol. The Morgan fingerprint density at radius 2 is 1.93 bits per heavy atom. The van der Waals surface area contributed by atoms with Gasteiger partial charge in [-0.3, -0.25) is 14.7 Å². The van der Waals surface area contributed by atoms with Crippen LogP contribution in [0.5, 0.6) is 0 Å². The van der Waals surface area contributed by atoms with E-state index in [0.29, 0.717) is 21.9 Å². The highest BCUT2D eigenvalue weighted by Gasteiger charge is 2.21. The van der Waals surface area contributed by atoms with Crippen molar-refractivity contribution in [3.63, 3.8) is 0 Å². The number of H-pyrrole nitrogens is 1. The van der Waals surface area contributed by atoms with Gasteiger partial charge in [0.1, 0.15) is 10.7 Å². The number of amides is 1. The maximum Gasteiger partial charge on any atom is 0.272 e. The van der Waals surface area contributed by atoms with E-state index in [9.17, 15) is 14.0 Å². The maximum atomic E-state index is 13.4. The van der Waals surface area contributed by atoms with Crippen LogP contribution in [-0.2, 0) is 6.42 Å². The molecular formula is C21H20FN5O2S. The number of carbonyl (C=O) groups excluding carboxylic acids is 1. The number of fused-ring (bicyclic) bond motifs is 1. The third kappa shape index (κ3) is 4.02. The molecule has 0 aliphatic rings. The first-order chi connectivity index (χ1) is 14.3. The van der Waals surface area contributed by atoms with Crippen molar-refractivity contribution in [3.8, 4) is 0 Å². The molecular weight excluding hydrogens is 405 g/mol. The number of benzene rings is 1. The van der Waals surface area contributed by atoms with Crippen molar-refractivity contribution in [1.29, 1.82) is 0 Å². The van der Waals surface area contributed by atoms with E-state index in [1.807, 2.05) is 13.8 Å². The lowest BCUT2D eigenvalue weighted by molar-refractivity contribution is 0.0939. The number of aryl methyl sites for hydroxylation is 3. The molecule has 0 bridgehead atoms. The predicted molar refractivity (Wildman–Crippen MR) is 112 cm³/mol. The molecule has 1 aromatic carbocycles. The van der Waals surface area contributed by atoms with Gasteiger partial charge in [-0.2, -0.15) is 0 Å². The molecule has 2 N–H and O–H groups in total. The molecule has 30 heavy (non-hydrogen) atoms. The number of nitrogens with zero attached hydrogens (tertiary/aromatic N) is 3. The topological polar surface area (TPSA) is 92.2 Å². The molecule has 0 spiro atoms. The average Bonchev–Trinajstić information content (AvgIpc) is 3.23. The number of thiazole rings is 1. The number of aromatic amines is 1. The van der Waals surface area contributed by atoms with Gasteiger partial charge in [-0.1, -0.05) is 12.1 Å². The molecule has 0 aliphatic carbocycles. The van der Waals surface area contributed by atoms with E-state index in [1.165, 1.54) is 34.1 Å². The number of nitrogens with one attached hydrogen (secondary N) is 2. The lowest BCUT2D eigenvalue weighted by Gasteiger charge is -2.19. The van der Waals surface area contributed by atoms with Crippen LogP contribution < -0.4 is 10.9 Å². The zero-order chi connectivity index (χ0) is 21.4. The first-order valence-electron chi connectivity index (χ1n) is 9.39. The molecule has 1 amide bonds. The number of aromatic nitrogens is 4. The van der Waals surface area contributed by atoms with E-state index in [0.717, 1.165) is 16.3 Å². The summed E-state index contributed by atoms with van der Waals surface area (Å²) in [4.78, 5) is 34.7. The second-order valence-corrected chi connectivity index (χ2v) is 8.35. The molecule has 0 saturated heterocycles. The van der Waals surface area contributed by atoms with Gasteiger partial charge in [0, 0.05) is 24.2 Å². The van der Waals surface area contributed by atoms with Crippen molar-refractivity contribution in [2.45, 2.75) is 33.2 Å². The first kappa shape index (κ1) is 20.0. The zero-order valence-corrected chi connectivity index (χ0v) is 17.5. The Morgan fingerprint density at radius 1 is 1.20 bits per heavy atom. The van der Waals surface area contributed by atoms with E-state index in [-0.39, 0.29) is 23.7 Å². The highest BCUT2D eigenvalue weighted by molar-refractivity contribution is 7.13. The van der Waals surface area contributed by atoms with Gasteiger partial charge in [0.15, 0.2) is 5.65 Å². The third-order valence-corrected chi connectivity index (χ3v) is 5.80. The van der Waals surface area contributed by atoms with Crippen LogP contribution in [0.3, 0.4) is 0 Å². The second kappa shape index (κ2) is 7.83. The number of hydrogen-bond donors (Lipinski definition) is 2. The van der Waals surface area contributed by atoms with Gasteiger partial charge in [0.2, 0.25) is 0 Å². The van der Waals surface area contributed by atoms with Crippen LogP contribution in [0.25, 0.3) is 5.65 Å². The van der Waals surface area contributed by atoms with E-state index in [1.54, 1.807) is 25.1 Å². The van der Waals surface area contributed by atoms with Gasteiger partial charge < -0.3 is 5.32 Å². The van der Waals surface area contributed by atoms with Gasteiger partial charge in [-0.05, 0) is 38.5 Å². The highest BCUT2D eigenvalue weighted by atomic mass is 32.1. The Kier molecular flexibility index (Phi) is 5.21. The lowest BCUT2D eigenvalue weighted by atomic mass is 10.0. The fraction of sp³-hybridized carbons (Fsp3) is 0.238. The van der Waals surface area contributed by atoms with E-state index < -0.39 is 6.04 Å². The van der Waals surface area contributed by atoms with Crippen molar-refractivity contribution in [3.05, 3.63) is 85.1 Å². The van der Waals surface area contributed by atoms with Crippen LogP contribution >= 0.6 is 11.3 Å². The molecule has 0 radical (unpaired) electrons. The second-order valence-electron chi connectivity index (χ2n) is 7.15. The van der Waals surface area contributed by atoms with Gasteiger partial charge in [0.25, 0.3) is 11.5 Å². The molecule has 1 unspecified atom stereocenters. The molecule has 0 fully saturated rings. The minimum atomic E-state index is -0.491. The summed E-state index contributed by atoms with van der Waals surface area (Å²) in [7, 11) is 0. The predicted octanol–water partition coefficient (Wildman–Crippen LogP) is 3.26. The van der Waals surface area contributed by atoms with Crippen LogP contribution in [-0.4, -0.2) is 25.5 Å². The van der Waals surface area contributed by atoms with E-state index in [2.05, 4.69) is 20.4 Å². The summed E-state index contributed by atoms with van der Waals surface area (Å²) in [6.45, 7) is 5.47. The van der Waals surface area contributed by atoms with Gasteiger partial charge in [0.05, 0.1) is 22.4 Å². The Bertz CT molecular complexity index is 1290. The van der Waals surface area contributed by atoms with Gasteiger partial charge in [-0.25, -0.2) is 18.9 Å². The molecule has 1 atom stereocenters. The third-order valence-electron chi connectivity index (χ3n) is 4.73. The highest BCUT2D eigenvalue weighted by Crippen LogP contribution is 2.22. The van der Waals surface area contributed by atoms with E-state index in [4.69, 9.17) is 0 Å². The molecule has 4 aromatic rings. The smallest absolute Gasteiger partial charge is 0.272 e. The van der Waals surface area contributed by atoms with Crippen molar-refractivity contribution in [2.75, 3.05) is 0 Å². The Labute approximate surface area is 175 Å². The molecule has 0 saturated carbocycles. The van der Waals surface area contributed by atoms with Crippen LogP contribution in [0.2, 0.25) is 0 Å². The Morgan fingerprint density at radius 3 is 2.60 bits per heavy atom. The fourth-order valence-corrected chi connectivity index (χ4v) is 4.21. The molecule has 3 heterocycles. The quantitative estimate of drug-likeness (QED) is 0.513. The maximum absolute atomic E-state index is 13.4. The molecule has 3 aromatic heterocycles. The number of rotatable bonds is 5. The average molecular weight is 425 g/mol. The summed E-state index contributed by atoms with van der Waals surface area (Å²) < 4.78 is 14.8. The molecule has 154 valence electrons.